The van der Waals surface area contributed by atoms with Gasteiger partial charge in [0.25, 0.3) is 5.91 Å². The molecule has 3 amide bonds. The first-order valence-corrected chi connectivity index (χ1v) is 7.15. The molecule has 2 aromatic rings. The minimum absolute atomic E-state index is 0.216. The first kappa shape index (κ1) is 14.4. The molecule has 0 radical (unpaired) electrons. The first-order chi connectivity index (χ1) is 10.6. The van der Waals surface area contributed by atoms with Crippen LogP contribution in [-0.4, -0.2) is 16.8 Å². The van der Waals surface area contributed by atoms with Crippen molar-refractivity contribution >= 4 is 29.6 Å². The van der Waals surface area contributed by atoms with Gasteiger partial charge in [-0.05, 0) is 29.3 Å². The van der Waals surface area contributed by atoms with Gasteiger partial charge in [-0.1, -0.05) is 54.1 Å². The van der Waals surface area contributed by atoms with Gasteiger partial charge in [0.15, 0.2) is 0 Å². The Balaban J connectivity index is 1.80. The lowest BCUT2D eigenvalue weighted by atomic mass is 10.2. The summed E-state index contributed by atoms with van der Waals surface area (Å²) in [5.41, 5.74) is 1.98. The van der Waals surface area contributed by atoms with Gasteiger partial charge in [0.05, 0.1) is 6.54 Å². The molecule has 1 N–H and O–H groups in total. The third kappa shape index (κ3) is 3.02. The molecule has 1 saturated heterocycles. The Morgan fingerprint density at radius 1 is 1.00 bits per heavy atom. The Morgan fingerprint density at radius 2 is 1.68 bits per heavy atom. The minimum Gasteiger partial charge on any atom is -0.303 e. The molecule has 0 atom stereocenters. The lowest BCUT2D eigenvalue weighted by Gasteiger charge is -2.11. The Morgan fingerprint density at radius 3 is 2.36 bits per heavy atom. The quantitative estimate of drug-likeness (QED) is 0.697. The van der Waals surface area contributed by atoms with Crippen LogP contribution in [0.2, 0.25) is 5.02 Å². The minimum atomic E-state index is -0.415. The standard InChI is InChI=1S/C17H13ClN2O2/c18-14-8-6-13(7-9-14)11-20-16(21)15(19-17(20)22)10-12-4-2-1-3-5-12/h1-10H,11H2,(H,19,22)/b15-10+. The number of rotatable bonds is 3. The van der Waals surface area contributed by atoms with Gasteiger partial charge >= 0.3 is 6.03 Å². The van der Waals surface area contributed by atoms with Gasteiger partial charge in [-0.2, -0.15) is 0 Å². The van der Waals surface area contributed by atoms with Crippen molar-refractivity contribution in [3.63, 3.8) is 0 Å². The second-order valence-electron chi connectivity index (χ2n) is 4.92. The van der Waals surface area contributed by atoms with Crippen molar-refractivity contribution in [1.29, 1.82) is 0 Å². The van der Waals surface area contributed by atoms with Crippen molar-refractivity contribution in [3.05, 3.63) is 76.4 Å². The number of halogens is 1. The Hall–Kier alpha value is -2.59. The molecular weight excluding hydrogens is 300 g/mol. The smallest absolute Gasteiger partial charge is 0.303 e. The molecule has 2 aromatic carbocycles. The fraction of sp³-hybridized carbons (Fsp3) is 0.0588. The van der Waals surface area contributed by atoms with Gasteiger partial charge in [0, 0.05) is 5.02 Å². The number of hydrogen-bond donors (Lipinski definition) is 1. The van der Waals surface area contributed by atoms with Crippen LogP contribution in [0.5, 0.6) is 0 Å². The highest BCUT2D eigenvalue weighted by molar-refractivity contribution is 6.30. The van der Waals surface area contributed by atoms with E-state index in [4.69, 9.17) is 11.6 Å². The lowest BCUT2D eigenvalue weighted by Crippen LogP contribution is -2.30. The van der Waals surface area contributed by atoms with E-state index in [1.165, 1.54) is 4.90 Å². The molecule has 0 bridgehead atoms. The number of carbonyl (C=O) groups excluding carboxylic acids is 2. The lowest BCUT2D eigenvalue weighted by molar-refractivity contribution is -0.123. The average Bonchev–Trinajstić information content (AvgIpc) is 2.78. The highest BCUT2D eigenvalue weighted by Gasteiger charge is 2.33. The van der Waals surface area contributed by atoms with E-state index in [-0.39, 0.29) is 18.1 Å². The van der Waals surface area contributed by atoms with Crippen molar-refractivity contribution < 1.29 is 9.59 Å². The summed E-state index contributed by atoms with van der Waals surface area (Å²) < 4.78 is 0. The zero-order chi connectivity index (χ0) is 15.5. The van der Waals surface area contributed by atoms with E-state index >= 15 is 0 Å². The third-order valence-electron chi connectivity index (χ3n) is 3.33. The SMILES string of the molecule is O=C1N/C(=C/c2ccccc2)C(=O)N1Cc1ccc(Cl)cc1. The van der Waals surface area contributed by atoms with Crippen molar-refractivity contribution in [2.24, 2.45) is 0 Å². The van der Waals surface area contributed by atoms with Crippen molar-refractivity contribution in [1.82, 2.24) is 10.2 Å². The molecule has 1 aliphatic rings. The average molecular weight is 313 g/mol. The fourth-order valence-electron chi connectivity index (χ4n) is 2.20. The van der Waals surface area contributed by atoms with E-state index in [0.29, 0.717) is 5.02 Å². The number of benzene rings is 2. The largest absolute Gasteiger partial charge is 0.329 e. The first-order valence-electron chi connectivity index (χ1n) is 6.77. The van der Waals surface area contributed by atoms with Crippen LogP contribution in [0.3, 0.4) is 0 Å². The summed E-state index contributed by atoms with van der Waals surface area (Å²) in [4.78, 5) is 25.5. The second kappa shape index (κ2) is 6.03. The third-order valence-corrected chi connectivity index (χ3v) is 3.58. The molecule has 0 spiro atoms. The molecule has 0 aliphatic carbocycles. The second-order valence-corrected chi connectivity index (χ2v) is 5.35. The molecule has 0 unspecified atom stereocenters. The van der Waals surface area contributed by atoms with E-state index in [2.05, 4.69) is 5.32 Å². The van der Waals surface area contributed by atoms with Crippen LogP contribution >= 0.6 is 11.6 Å². The maximum atomic E-state index is 12.3. The summed E-state index contributed by atoms with van der Waals surface area (Å²) >= 11 is 5.83. The van der Waals surface area contributed by atoms with E-state index in [0.717, 1.165) is 11.1 Å². The highest BCUT2D eigenvalue weighted by Crippen LogP contribution is 2.18. The molecule has 5 heteroatoms. The highest BCUT2D eigenvalue weighted by atomic mass is 35.5. The maximum Gasteiger partial charge on any atom is 0.329 e. The van der Waals surface area contributed by atoms with Crippen molar-refractivity contribution in [2.45, 2.75) is 6.54 Å². The van der Waals surface area contributed by atoms with Gasteiger partial charge in [-0.25, -0.2) is 4.79 Å². The Labute approximate surface area is 133 Å². The summed E-state index contributed by atoms with van der Waals surface area (Å²) in [6, 6.07) is 16.0. The number of nitrogens with one attached hydrogen (secondary N) is 1. The van der Waals surface area contributed by atoms with Gasteiger partial charge in [-0.15, -0.1) is 0 Å². The summed E-state index contributed by atoms with van der Waals surface area (Å²) in [5.74, 6) is -0.330. The number of nitrogens with zero attached hydrogens (tertiary/aromatic N) is 1. The monoisotopic (exact) mass is 312 g/mol. The molecular formula is C17H13ClN2O2. The van der Waals surface area contributed by atoms with Gasteiger partial charge in [-0.3, -0.25) is 9.69 Å². The Kier molecular flexibility index (Phi) is 3.94. The summed E-state index contributed by atoms with van der Waals surface area (Å²) in [5, 5.41) is 3.22. The topological polar surface area (TPSA) is 49.4 Å². The molecule has 22 heavy (non-hydrogen) atoms. The van der Waals surface area contributed by atoms with Gasteiger partial charge < -0.3 is 5.32 Å². The fourth-order valence-corrected chi connectivity index (χ4v) is 2.33. The van der Waals surface area contributed by atoms with Crippen LogP contribution in [0, 0.1) is 0 Å². The molecule has 4 nitrogen and oxygen atoms in total. The van der Waals surface area contributed by atoms with E-state index in [1.54, 1.807) is 30.3 Å². The maximum absolute atomic E-state index is 12.3. The van der Waals surface area contributed by atoms with Crippen LogP contribution < -0.4 is 5.32 Å². The normalized spacial score (nSPS) is 16.2. The predicted octanol–water partition coefficient (Wildman–Crippen LogP) is 3.43. The van der Waals surface area contributed by atoms with Gasteiger partial charge in [0.1, 0.15) is 5.70 Å². The van der Waals surface area contributed by atoms with Crippen LogP contribution in [0.1, 0.15) is 11.1 Å². The van der Waals surface area contributed by atoms with Crippen LogP contribution in [0.4, 0.5) is 4.79 Å². The molecule has 1 fully saturated rings. The number of amides is 3. The van der Waals surface area contributed by atoms with E-state index < -0.39 is 6.03 Å². The van der Waals surface area contributed by atoms with Crippen LogP contribution in [0.15, 0.2) is 60.3 Å². The molecule has 1 aliphatic heterocycles. The summed E-state index contributed by atoms with van der Waals surface area (Å²) in [7, 11) is 0. The summed E-state index contributed by atoms with van der Waals surface area (Å²) in [6.45, 7) is 0.216. The molecule has 110 valence electrons. The number of imide groups is 1. The molecule has 0 saturated carbocycles. The van der Waals surface area contributed by atoms with Crippen LogP contribution in [0.25, 0.3) is 6.08 Å². The van der Waals surface area contributed by atoms with Gasteiger partial charge in [0.2, 0.25) is 0 Å². The predicted molar refractivity (Wildman–Crippen MR) is 85.0 cm³/mol. The number of urea groups is 1. The molecule has 3 rings (SSSR count). The van der Waals surface area contributed by atoms with Crippen LogP contribution in [-0.2, 0) is 11.3 Å². The summed E-state index contributed by atoms with van der Waals surface area (Å²) in [6.07, 6.45) is 1.67. The Bertz CT molecular complexity index is 739. The van der Waals surface area contributed by atoms with Crippen molar-refractivity contribution in [3.8, 4) is 0 Å². The van der Waals surface area contributed by atoms with E-state index in [1.807, 2.05) is 30.3 Å². The number of carbonyl (C=O) groups is 2. The van der Waals surface area contributed by atoms with Crippen molar-refractivity contribution in [2.75, 3.05) is 0 Å². The zero-order valence-corrected chi connectivity index (χ0v) is 12.4. The molecule has 1 heterocycles. The zero-order valence-electron chi connectivity index (χ0n) is 11.6. The van der Waals surface area contributed by atoms with E-state index in [9.17, 15) is 9.59 Å². The molecule has 0 aromatic heterocycles. The number of hydrogen-bond acceptors (Lipinski definition) is 2.